The first kappa shape index (κ1) is 14.0. The van der Waals surface area contributed by atoms with E-state index < -0.39 is 0 Å². The monoisotopic (exact) mass is 226 g/mol. The van der Waals surface area contributed by atoms with Crippen LogP contribution in [0.25, 0.3) is 0 Å². The zero-order valence-electron chi connectivity index (χ0n) is 11.6. The normalized spacial score (nSPS) is 29.2. The Bertz CT molecular complexity index is 182. The first-order chi connectivity index (χ1) is 7.63. The molecule has 1 rings (SSSR count). The predicted octanol–water partition coefficient (Wildman–Crippen LogP) is 2.74. The maximum atomic E-state index is 3.62. The number of piperidine rings is 1. The van der Waals surface area contributed by atoms with Gasteiger partial charge in [-0.3, -0.25) is 0 Å². The van der Waals surface area contributed by atoms with Gasteiger partial charge in [0.1, 0.15) is 0 Å². The van der Waals surface area contributed by atoms with Crippen LogP contribution in [0.3, 0.4) is 0 Å². The van der Waals surface area contributed by atoms with E-state index >= 15 is 0 Å². The zero-order chi connectivity index (χ0) is 12.0. The minimum absolute atomic E-state index is 0.686. The maximum absolute atomic E-state index is 3.62. The molecule has 0 aromatic heterocycles. The lowest BCUT2D eigenvalue weighted by Crippen LogP contribution is -2.42. The molecule has 1 saturated heterocycles. The van der Waals surface area contributed by atoms with Crippen LogP contribution in [0.4, 0.5) is 0 Å². The summed E-state index contributed by atoms with van der Waals surface area (Å²) in [5.41, 5.74) is 0. The van der Waals surface area contributed by atoms with Crippen molar-refractivity contribution in [2.45, 2.75) is 53.0 Å². The third-order valence-electron chi connectivity index (χ3n) is 4.06. The largest absolute Gasteiger partial charge is 0.313 e. The Kier molecular flexibility index (Phi) is 6.37. The molecule has 0 aromatic rings. The highest BCUT2D eigenvalue weighted by Crippen LogP contribution is 2.21. The summed E-state index contributed by atoms with van der Waals surface area (Å²) in [6.07, 6.45) is 3.96. The molecule has 16 heavy (non-hydrogen) atoms. The van der Waals surface area contributed by atoms with E-state index in [9.17, 15) is 0 Å². The SMILES string of the molecule is CCCC(C)NCCN1CCC(C)C(C)C1. The fourth-order valence-electron chi connectivity index (χ4n) is 2.56. The lowest BCUT2D eigenvalue weighted by molar-refractivity contribution is 0.138. The van der Waals surface area contributed by atoms with Crippen LogP contribution in [0.5, 0.6) is 0 Å². The number of likely N-dealkylation sites (tertiary alicyclic amines) is 1. The molecule has 96 valence electrons. The van der Waals surface area contributed by atoms with Crippen molar-refractivity contribution in [2.75, 3.05) is 26.2 Å². The molecular weight excluding hydrogens is 196 g/mol. The summed E-state index contributed by atoms with van der Waals surface area (Å²) in [4.78, 5) is 2.62. The number of hydrogen-bond acceptors (Lipinski definition) is 2. The second kappa shape index (κ2) is 7.29. The van der Waals surface area contributed by atoms with E-state index in [1.54, 1.807) is 0 Å². The topological polar surface area (TPSA) is 15.3 Å². The van der Waals surface area contributed by atoms with Crippen molar-refractivity contribution < 1.29 is 0 Å². The Balaban J connectivity index is 2.09. The minimum Gasteiger partial charge on any atom is -0.313 e. The number of rotatable bonds is 6. The molecule has 3 unspecified atom stereocenters. The fraction of sp³-hybridized carbons (Fsp3) is 1.00. The molecule has 1 aliphatic heterocycles. The molecule has 1 fully saturated rings. The second-order valence-electron chi connectivity index (χ2n) is 5.69. The van der Waals surface area contributed by atoms with Gasteiger partial charge in [0.15, 0.2) is 0 Å². The van der Waals surface area contributed by atoms with E-state index in [2.05, 4.69) is 37.9 Å². The predicted molar refractivity (Wildman–Crippen MR) is 71.8 cm³/mol. The average molecular weight is 226 g/mol. The molecule has 0 amide bonds. The highest BCUT2D eigenvalue weighted by Gasteiger charge is 2.21. The van der Waals surface area contributed by atoms with Gasteiger partial charge in [0.2, 0.25) is 0 Å². The Morgan fingerprint density at radius 1 is 1.31 bits per heavy atom. The molecule has 0 aromatic carbocycles. The molecule has 0 radical (unpaired) electrons. The first-order valence-corrected chi connectivity index (χ1v) is 7.09. The van der Waals surface area contributed by atoms with Crippen LogP contribution in [-0.2, 0) is 0 Å². The van der Waals surface area contributed by atoms with E-state index in [4.69, 9.17) is 0 Å². The minimum atomic E-state index is 0.686. The zero-order valence-corrected chi connectivity index (χ0v) is 11.6. The van der Waals surface area contributed by atoms with Crippen LogP contribution in [0.2, 0.25) is 0 Å². The molecule has 3 atom stereocenters. The van der Waals surface area contributed by atoms with Gasteiger partial charge in [0.05, 0.1) is 0 Å². The first-order valence-electron chi connectivity index (χ1n) is 7.09. The van der Waals surface area contributed by atoms with Gasteiger partial charge in [-0.05, 0) is 38.1 Å². The van der Waals surface area contributed by atoms with E-state index in [0.717, 1.165) is 18.4 Å². The smallest absolute Gasteiger partial charge is 0.0107 e. The average Bonchev–Trinajstić information content (AvgIpc) is 2.24. The summed E-state index contributed by atoms with van der Waals surface area (Å²) in [6.45, 7) is 14.3. The Labute approximate surface area is 102 Å². The molecule has 1 N–H and O–H groups in total. The van der Waals surface area contributed by atoms with Crippen LogP contribution in [-0.4, -0.2) is 37.1 Å². The van der Waals surface area contributed by atoms with Gasteiger partial charge in [0, 0.05) is 25.7 Å². The van der Waals surface area contributed by atoms with Crippen molar-refractivity contribution in [1.29, 1.82) is 0 Å². The highest BCUT2D eigenvalue weighted by atomic mass is 15.1. The van der Waals surface area contributed by atoms with Gasteiger partial charge in [-0.15, -0.1) is 0 Å². The van der Waals surface area contributed by atoms with Crippen molar-refractivity contribution >= 4 is 0 Å². The highest BCUT2D eigenvalue weighted by molar-refractivity contribution is 4.75. The lowest BCUT2D eigenvalue weighted by Gasteiger charge is -2.35. The molecule has 0 bridgehead atoms. The molecule has 0 saturated carbocycles. The summed E-state index contributed by atoms with van der Waals surface area (Å²) in [5, 5.41) is 3.62. The van der Waals surface area contributed by atoms with Crippen LogP contribution < -0.4 is 5.32 Å². The summed E-state index contributed by atoms with van der Waals surface area (Å²) in [7, 11) is 0. The Hall–Kier alpha value is -0.0800. The Morgan fingerprint density at radius 2 is 2.06 bits per heavy atom. The fourth-order valence-corrected chi connectivity index (χ4v) is 2.56. The molecule has 0 aliphatic carbocycles. The van der Waals surface area contributed by atoms with E-state index in [0.29, 0.717) is 6.04 Å². The van der Waals surface area contributed by atoms with E-state index in [1.165, 1.54) is 38.9 Å². The molecule has 1 heterocycles. The van der Waals surface area contributed by atoms with Crippen molar-refractivity contribution in [3.8, 4) is 0 Å². The van der Waals surface area contributed by atoms with Crippen LogP contribution in [0, 0.1) is 11.8 Å². The summed E-state index contributed by atoms with van der Waals surface area (Å²) < 4.78 is 0. The van der Waals surface area contributed by atoms with Gasteiger partial charge >= 0.3 is 0 Å². The summed E-state index contributed by atoms with van der Waals surface area (Å²) >= 11 is 0. The van der Waals surface area contributed by atoms with Crippen molar-refractivity contribution in [2.24, 2.45) is 11.8 Å². The quantitative estimate of drug-likeness (QED) is 0.749. The van der Waals surface area contributed by atoms with Crippen LogP contribution in [0.15, 0.2) is 0 Å². The van der Waals surface area contributed by atoms with Gasteiger partial charge in [-0.1, -0.05) is 27.2 Å². The second-order valence-corrected chi connectivity index (χ2v) is 5.69. The third kappa shape index (κ3) is 4.84. The third-order valence-corrected chi connectivity index (χ3v) is 4.06. The Morgan fingerprint density at radius 3 is 2.69 bits per heavy atom. The molecular formula is C14H30N2. The molecule has 1 aliphatic rings. The number of nitrogens with one attached hydrogen (secondary N) is 1. The van der Waals surface area contributed by atoms with Crippen molar-refractivity contribution in [3.05, 3.63) is 0 Å². The van der Waals surface area contributed by atoms with Gasteiger partial charge in [0.25, 0.3) is 0 Å². The number of nitrogens with zero attached hydrogens (tertiary/aromatic N) is 1. The summed E-state index contributed by atoms with van der Waals surface area (Å²) in [5.74, 6) is 1.80. The van der Waals surface area contributed by atoms with Crippen LogP contribution >= 0.6 is 0 Å². The molecule has 2 nitrogen and oxygen atoms in total. The molecule has 2 heteroatoms. The lowest BCUT2D eigenvalue weighted by atomic mass is 9.89. The van der Waals surface area contributed by atoms with Gasteiger partial charge in [-0.2, -0.15) is 0 Å². The molecule has 0 spiro atoms. The van der Waals surface area contributed by atoms with Crippen molar-refractivity contribution in [1.82, 2.24) is 10.2 Å². The van der Waals surface area contributed by atoms with Gasteiger partial charge < -0.3 is 10.2 Å². The van der Waals surface area contributed by atoms with E-state index in [-0.39, 0.29) is 0 Å². The summed E-state index contributed by atoms with van der Waals surface area (Å²) in [6, 6.07) is 0.686. The van der Waals surface area contributed by atoms with Crippen LogP contribution in [0.1, 0.15) is 47.0 Å². The van der Waals surface area contributed by atoms with Gasteiger partial charge in [-0.25, -0.2) is 0 Å². The van der Waals surface area contributed by atoms with Crippen molar-refractivity contribution in [3.63, 3.8) is 0 Å². The standard InChI is InChI=1S/C14H30N2/c1-5-6-14(4)15-8-10-16-9-7-12(2)13(3)11-16/h12-15H,5-11H2,1-4H3. The number of hydrogen-bond donors (Lipinski definition) is 1. The maximum Gasteiger partial charge on any atom is 0.0107 e. The van der Waals surface area contributed by atoms with E-state index in [1.807, 2.05) is 0 Å².